The number of hydrogen-bond donors (Lipinski definition) is 2. The lowest BCUT2D eigenvalue weighted by Crippen LogP contribution is -2.16. The van der Waals surface area contributed by atoms with Crippen LogP contribution in [0.2, 0.25) is 0 Å². The number of aromatic nitrogens is 3. The molecule has 0 atom stereocenters. The largest absolute Gasteiger partial charge is 0.453 e. The number of aryl methyl sites for hydroxylation is 1. The van der Waals surface area contributed by atoms with Gasteiger partial charge in [-0.25, -0.2) is 14.2 Å². The highest BCUT2D eigenvalue weighted by atomic mass is 19.1. The fourth-order valence-corrected chi connectivity index (χ4v) is 3.69. The Morgan fingerprint density at radius 1 is 0.892 bits per heavy atom. The molecule has 2 amide bonds. The Bertz CT molecular complexity index is 1470. The number of carbonyl (C=O) groups is 2. The van der Waals surface area contributed by atoms with Crippen LogP contribution in [0.1, 0.15) is 35.5 Å². The number of pyridine rings is 3. The number of amides is 2. The number of alkyl halides is 1. The Labute approximate surface area is 214 Å². The summed E-state index contributed by atoms with van der Waals surface area (Å²) >= 11 is 0. The van der Waals surface area contributed by atoms with Crippen LogP contribution in [-0.4, -0.2) is 34.1 Å². The first-order valence-corrected chi connectivity index (χ1v) is 11.5. The highest BCUT2D eigenvalue weighted by Gasteiger charge is 2.22. The van der Waals surface area contributed by atoms with E-state index in [9.17, 15) is 14.0 Å². The zero-order valence-electron chi connectivity index (χ0n) is 20.9. The smallest absolute Gasteiger partial charge is 0.412 e. The molecule has 1 aromatic carbocycles. The molecule has 0 aliphatic carbocycles. The van der Waals surface area contributed by atoms with Crippen LogP contribution in [0.15, 0.2) is 73.3 Å². The van der Waals surface area contributed by atoms with Gasteiger partial charge in [-0.05, 0) is 79.9 Å². The number of carbonyl (C=O) groups excluding carboxylic acids is 2. The molecule has 8 nitrogen and oxygen atoms in total. The number of methoxy groups -OCH3 is 1. The third kappa shape index (κ3) is 6.13. The van der Waals surface area contributed by atoms with E-state index in [-0.39, 0.29) is 11.6 Å². The molecule has 0 aliphatic rings. The Balaban J connectivity index is 1.60. The highest BCUT2D eigenvalue weighted by molar-refractivity contribution is 6.04. The third-order valence-electron chi connectivity index (χ3n) is 5.68. The van der Waals surface area contributed by atoms with Crippen molar-refractivity contribution in [1.82, 2.24) is 15.0 Å². The quantitative estimate of drug-likeness (QED) is 0.330. The molecule has 0 spiro atoms. The second kappa shape index (κ2) is 10.5. The van der Waals surface area contributed by atoms with Crippen LogP contribution in [0.25, 0.3) is 22.3 Å². The molecule has 4 rings (SSSR count). The molecule has 188 valence electrons. The lowest BCUT2D eigenvalue weighted by Gasteiger charge is -2.15. The molecule has 3 heterocycles. The minimum atomic E-state index is -1.66. The maximum Gasteiger partial charge on any atom is 0.412 e. The molecule has 2 N–H and O–H groups in total. The summed E-state index contributed by atoms with van der Waals surface area (Å²) in [4.78, 5) is 37.0. The highest BCUT2D eigenvalue weighted by Crippen LogP contribution is 2.30. The monoisotopic (exact) mass is 499 g/mol. The normalized spacial score (nSPS) is 11.1. The Hall–Kier alpha value is -4.66. The average molecular weight is 500 g/mol. The van der Waals surface area contributed by atoms with E-state index in [2.05, 4.69) is 30.3 Å². The van der Waals surface area contributed by atoms with E-state index in [1.165, 1.54) is 33.2 Å². The number of anilines is 2. The van der Waals surface area contributed by atoms with Crippen molar-refractivity contribution < 1.29 is 18.7 Å². The number of ether oxygens (including phenoxy) is 1. The number of halogens is 1. The van der Waals surface area contributed by atoms with Crippen molar-refractivity contribution in [3.63, 3.8) is 0 Å². The Kier molecular flexibility index (Phi) is 7.24. The van der Waals surface area contributed by atoms with Gasteiger partial charge in [0, 0.05) is 47.2 Å². The first-order chi connectivity index (χ1) is 17.6. The Morgan fingerprint density at radius 2 is 1.65 bits per heavy atom. The van der Waals surface area contributed by atoms with Gasteiger partial charge in [-0.15, -0.1) is 0 Å². The number of nitrogens with one attached hydrogen (secondary N) is 2. The number of benzene rings is 1. The minimum Gasteiger partial charge on any atom is -0.453 e. The summed E-state index contributed by atoms with van der Waals surface area (Å²) < 4.78 is 18.9. The molecule has 4 aromatic rings. The first kappa shape index (κ1) is 25.4. The van der Waals surface area contributed by atoms with Crippen molar-refractivity contribution in [3.05, 3.63) is 90.1 Å². The molecule has 37 heavy (non-hydrogen) atoms. The van der Waals surface area contributed by atoms with E-state index in [4.69, 9.17) is 0 Å². The fraction of sp³-hybridized carbons (Fsp3) is 0.179. The maximum absolute atomic E-state index is 14.3. The molecule has 0 bridgehead atoms. The summed E-state index contributed by atoms with van der Waals surface area (Å²) in [7, 11) is 1.28. The van der Waals surface area contributed by atoms with E-state index in [0.29, 0.717) is 17.1 Å². The van der Waals surface area contributed by atoms with Crippen LogP contribution in [0.4, 0.5) is 20.7 Å². The zero-order valence-corrected chi connectivity index (χ0v) is 20.9. The second-order valence-electron chi connectivity index (χ2n) is 8.89. The molecule has 0 fully saturated rings. The second-order valence-corrected chi connectivity index (χ2v) is 8.89. The van der Waals surface area contributed by atoms with Gasteiger partial charge in [0.2, 0.25) is 0 Å². The van der Waals surface area contributed by atoms with E-state index in [0.717, 1.165) is 27.8 Å². The standard InChI is InChI=1S/C28H26FN5O3/c1-17-5-6-22(33-26(35)19-8-9-31-24(12-19)28(2,3)29)14-23(17)21-11-20(15-30-16-21)18-7-10-32-25(13-18)34-27(36)37-4/h5-16H,1-4H3,(H,33,35)(H,32,34,36). The number of rotatable bonds is 6. The third-order valence-corrected chi connectivity index (χ3v) is 5.68. The predicted octanol–water partition coefficient (Wildman–Crippen LogP) is 6.15. The summed E-state index contributed by atoms with van der Waals surface area (Å²) in [5, 5.41) is 5.43. The van der Waals surface area contributed by atoms with E-state index in [1.54, 1.807) is 30.7 Å². The van der Waals surface area contributed by atoms with Gasteiger partial charge in [0.05, 0.1) is 12.8 Å². The van der Waals surface area contributed by atoms with Crippen LogP contribution in [0.5, 0.6) is 0 Å². The van der Waals surface area contributed by atoms with Crippen LogP contribution in [0.3, 0.4) is 0 Å². The van der Waals surface area contributed by atoms with Crippen LogP contribution >= 0.6 is 0 Å². The molecule has 0 saturated heterocycles. The maximum atomic E-state index is 14.3. The minimum absolute atomic E-state index is 0.189. The molecule has 0 saturated carbocycles. The van der Waals surface area contributed by atoms with Gasteiger partial charge in [0.25, 0.3) is 5.91 Å². The SMILES string of the molecule is COC(=O)Nc1cc(-c2cncc(-c3cc(NC(=O)c4ccnc(C(C)(C)F)c4)ccc3C)c2)ccn1. The first-order valence-electron chi connectivity index (χ1n) is 11.5. The summed E-state index contributed by atoms with van der Waals surface area (Å²) in [5.74, 6) is -0.0111. The van der Waals surface area contributed by atoms with E-state index >= 15 is 0 Å². The molecule has 0 radical (unpaired) electrons. The lowest BCUT2D eigenvalue weighted by atomic mass is 9.98. The molecule has 0 aliphatic heterocycles. The van der Waals surface area contributed by atoms with Crippen molar-refractivity contribution >= 4 is 23.5 Å². The topological polar surface area (TPSA) is 106 Å². The molecular formula is C28H26FN5O3. The molecule has 9 heteroatoms. The number of hydrogen-bond acceptors (Lipinski definition) is 6. The van der Waals surface area contributed by atoms with Crippen LogP contribution in [-0.2, 0) is 10.4 Å². The van der Waals surface area contributed by atoms with Crippen LogP contribution < -0.4 is 10.6 Å². The predicted molar refractivity (Wildman–Crippen MR) is 140 cm³/mol. The van der Waals surface area contributed by atoms with Gasteiger partial charge in [-0.2, -0.15) is 0 Å². The van der Waals surface area contributed by atoms with Gasteiger partial charge >= 0.3 is 6.09 Å². The van der Waals surface area contributed by atoms with Gasteiger partial charge < -0.3 is 10.1 Å². The Morgan fingerprint density at radius 3 is 2.41 bits per heavy atom. The van der Waals surface area contributed by atoms with Gasteiger partial charge in [0.15, 0.2) is 0 Å². The van der Waals surface area contributed by atoms with Crippen molar-refractivity contribution in [2.24, 2.45) is 0 Å². The number of nitrogens with zero attached hydrogens (tertiary/aromatic N) is 3. The lowest BCUT2D eigenvalue weighted by molar-refractivity contribution is 0.102. The van der Waals surface area contributed by atoms with Crippen molar-refractivity contribution in [3.8, 4) is 22.3 Å². The summed E-state index contributed by atoms with van der Waals surface area (Å²) in [5.41, 5.74) is 3.78. The van der Waals surface area contributed by atoms with E-state index in [1.807, 2.05) is 37.3 Å². The van der Waals surface area contributed by atoms with Crippen molar-refractivity contribution in [2.75, 3.05) is 17.7 Å². The molecule has 0 unspecified atom stereocenters. The zero-order chi connectivity index (χ0) is 26.6. The van der Waals surface area contributed by atoms with Gasteiger partial charge in [-0.1, -0.05) is 6.07 Å². The summed E-state index contributed by atoms with van der Waals surface area (Å²) in [6.45, 7) is 4.76. The van der Waals surface area contributed by atoms with Crippen molar-refractivity contribution in [2.45, 2.75) is 26.4 Å². The van der Waals surface area contributed by atoms with Crippen molar-refractivity contribution in [1.29, 1.82) is 0 Å². The average Bonchev–Trinajstić information content (AvgIpc) is 2.89. The fourth-order valence-electron chi connectivity index (χ4n) is 3.69. The van der Waals surface area contributed by atoms with Gasteiger partial charge in [-0.3, -0.25) is 20.1 Å². The molecule has 3 aromatic heterocycles. The molecular weight excluding hydrogens is 473 g/mol. The summed E-state index contributed by atoms with van der Waals surface area (Å²) in [6, 6.07) is 14.1. The van der Waals surface area contributed by atoms with E-state index < -0.39 is 11.8 Å². The summed E-state index contributed by atoms with van der Waals surface area (Å²) in [6.07, 6.45) is 5.86. The van der Waals surface area contributed by atoms with Crippen LogP contribution in [0, 0.1) is 6.92 Å². The van der Waals surface area contributed by atoms with Gasteiger partial charge in [0.1, 0.15) is 11.5 Å².